The number of rotatable bonds is 2. The van der Waals surface area contributed by atoms with Gasteiger partial charge in [0, 0.05) is 11.7 Å². The first-order chi connectivity index (χ1) is 10.0. The lowest BCUT2D eigenvalue weighted by Gasteiger charge is -2.27. The molecule has 1 aliphatic rings. The fourth-order valence-electron chi connectivity index (χ4n) is 3.06. The lowest BCUT2D eigenvalue weighted by atomic mass is 9.87. The standard InChI is InChI=1S/C16H21N3O2/c1-9-4-6-12(7-5-9)18-15(20)13-8-10(2)17-16-14(13)11(3)19-21-16/h8-9,12H,4-7H2,1-3H3,(H,18,20). The van der Waals surface area contributed by atoms with E-state index in [9.17, 15) is 4.79 Å². The molecular formula is C16H21N3O2. The SMILES string of the molecule is Cc1cc(C(=O)NC2CCC(C)CC2)c2c(C)noc2n1. The molecule has 1 aliphatic carbocycles. The van der Waals surface area contributed by atoms with Crippen LogP contribution in [0.5, 0.6) is 0 Å². The lowest BCUT2D eigenvalue weighted by molar-refractivity contribution is 0.0924. The van der Waals surface area contributed by atoms with Crippen LogP contribution in [0, 0.1) is 19.8 Å². The molecule has 2 aromatic heterocycles. The topological polar surface area (TPSA) is 68.0 Å². The molecule has 0 saturated heterocycles. The quantitative estimate of drug-likeness (QED) is 0.921. The molecule has 0 unspecified atom stereocenters. The highest BCUT2D eigenvalue weighted by molar-refractivity contribution is 6.06. The van der Waals surface area contributed by atoms with Crippen LogP contribution in [-0.2, 0) is 0 Å². The van der Waals surface area contributed by atoms with Crippen LogP contribution in [0.2, 0.25) is 0 Å². The first-order valence-electron chi connectivity index (χ1n) is 7.59. The third-order valence-electron chi connectivity index (χ3n) is 4.34. The summed E-state index contributed by atoms with van der Waals surface area (Å²) < 4.78 is 5.18. The van der Waals surface area contributed by atoms with E-state index in [-0.39, 0.29) is 11.9 Å². The molecule has 21 heavy (non-hydrogen) atoms. The summed E-state index contributed by atoms with van der Waals surface area (Å²) in [6.45, 7) is 5.96. The summed E-state index contributed by atoms with van der Waals surface area (Å²) in [6.07, 6.45) is 4.48. The Hall–Kier alpha value is -1.91. The molecule has 0 atom stereocenters. The minimum absolute atomic E-state index is 0.0450. The highest BCUT2D eigenvalue weighted by Crippen LogP contribution is 2.25. The fraction of sp³-hybridized carbons (Fsp3) is 0.562. The molecule has 0 radical (unpaired) electrons. The average molecular weight is 287 g/mol. The summed E-state index contributed by atoms with van der Waals surface area (Å²) in [5.74, 6) is 0.727. The van der Waals surface area contributed by atoms with E-state index in [4.69, 9.17) is 4.52 Å². The molecule has 1 N–H and O–H groups in total. The molecule has 0 aliphatic heterocycles. The van der Waals surface area contributed by atoms with Crippen LogP contribution in [0.4, 0.5) is 0 Å². The summed E-state index contributed by atoms with van der Waals surface area (Å²) in [5, 5.41) is 7.80. The van der Waals surface area contributed by atoms with Crippen LogP contribution in [0.3, 0.4) is 0 Å². The van der Waals surface area contributed by atoms with Crippen molar-refractivity contribution in [1.29, 1.82) is 0 Å². The predicted molar refractivity (Wildman–Crippen MR) is 80.2 cm³/mol. The molecule has 2 heterocycles. The van der Waals surface area contributed by atoms with Gasteiger partial charge in [-0.05, 0) is 51.5 Å². The van der Waals surface area contributed by atoms with Crippen molar-refractivity contribution in [3.05, 3.63) is 23.0 Å². The second kappa shape index (κ2) is 5.47. The van der Waals surface area contributed by atoms with Crippen LogP contribution >= 0.6 is 0 Å². The molecule has 0 aromatic carbocycles. The molecule has 1 amide bonds. The number of aryl methyl sites for hydroxylation is 2. The van der Waals surface area contributed by atoms with Crippen LogP contribution in [-0.4, -0.2) is 22.1 Å². The third kappa shape index (κ3) is 2.77. The second-order valence-corrected chi connectivity index (χ2v) is 6.19. The van der Waals surface area contributed by atoms with Gasteiger partial charge in [0.25, 0.3) is 11.6 Å². The molecule has 1 saturated carbocycles. The third-order valence-corrected chi connectivity index (χ3v) is 4.34. The van der Waals surface area contributed by atoms with Gasteiger partial charge in [-0.25, -0.2) is 4.98 Å². The van der Waals surface area contributed by atoms with Crippen molar-refractivity contribution in [2.75, 3.05) is 0 Å². The lowest BCUT2D eigenvalue weighted by Crippen LogP contribution is -2.37. The predicted octanol–water partition coefficient (Wildman–Crippen LogP) is 3.15. The Labute approximate surface area is 124 Å². The Morgan fingerprint density at radius 1 is 1.29 bits per heavy atom. The van der Waals surface area contributed by atoms with Crippen molar-refractivity contribution in [2.24, 2.45) is 5.92 Å². The Bertz CT molecular complexity index is 669. The number of fused-ring (bicyclic) bond motifs is 1. The maximum Gasteiger partial charge on any atom is 0.258 e. The van der Waals surface area contributed by atoms with Crippen molar-refractivity contribution in [1.82, 2.24) is 15.5 Å². The summed E-state index contributed by atoms with van der Waals surface area (Å²) >= 11 is 0. The van der Waals surface area contributed by atoms with Gasteiger partial charge in [0.1, 0.15) is 0 Å². The van der Waals surface area contributed by atoms with Gasteiger partial charge < -0.3 is 9.84 Å². The Balaban J connectivity index is 1.86. The van der Waals surface area contributed by atoms with Gasteiger partial charge >= 0.3 is 0 Å². The molecule has 1 fully saturated rings. The highest BCUT2D eigenvalue weighted by Gasteiger charge is 2.23. The number of carbonyl (C=O) groups is 1. The number of pyridine rings is 1. The largest absolute Gasteiger partial charge is 0.349 e. The van der Waals surface area contributed by atoms with E-state index >= 15 is 0 Å². The van der Waals surface area contributed by atoms with Crippen molar-refractivity contribution in [3.63, 3.8) is 0 Å². The number of hydrogen-bond donors (Lipinski definition) is 1. The van der Waals surface area contributed by atoms with E-state index in [1.807, 2.05) is 19.9 Å². The van der Waals surface area contributed by atoms with E-state index < -0.39 is 0 Å². The molecule has 2 aromatic rings. The fourth-order valence-corrected chi connectivity index (χ4v) is 3.06. The second-order valence-electron chi connectivity index (χ2n) is 6.19. The van der Waals surface area contributed by atoms with Crippen LogP contribution < -0.4 is 5.32 Å². The molecule has 5 heteroatoms. The van der Waals surface area contributed by atoms with Crippen molar-refractivity contribution >= 4 is 17.0 Å². The zero-order valence-corrected chi connectivity index (χ0v) is 12.8. The normalized spacial score (nSPS) is 22.4. The zero-order valence-electron chi connectivity index (χ0n) is 12.8. The minimum atomic E-state index is -0.0450. The van der Waals surface area contributed by atoms with Crippen molar-refractivity contribution in [3.8, 4) is 0 Å². The first-order valence-corrected chi connectivity index (χ1v) is 7.59. The maximum absolute atomic E-state index is 12.6. The van der Waals surface area contributed by atoms with E-state index in [2.05, 4.69) is 22.4 Å². The summed E-state index contributed by atoms with van der Waals surface area (Å²) in [7, 11) is 0. The van der Waals surface area contributed by atoms with Gasteiger partial charge in [-0.2, -0.15) is 0 Å². The van der Waals surface area contributed by atoms with Crippen LogP contribution in [0.15, 0.2) is 10.6 Å². The van der Waals surface area contributed by atoms with E-state index in [1.165, 1.54) is 12.8 Å². The molecule has 5 nitrogen and oxygen atoms in total. The number of amides is 1. The molecule has 0 spiro atoms. The van der Waals surface area contributed by atoms with Gasteiger partial charge in [-0.15, -0.1) is 0 Å². The van der Waals surface area contributed by atoms with Crippen molar-refractivity contribution in [2.45, 2.75) is 52.5 Å². The number of nitrogens with zero attached hydrogens (tertiary/aromatic N) is 2. The molecule has 112 valence electrons. The number of aromatic nitrogens is 2. The van der Waals surface area contributed by atoms with Crippen molar-refractivity contribution < 1.29 is 9.32 Å². The van der Waals surface area contributed by atoms with E-state index in [0.717, 1.165) is 29.8 Å². The Morgan fingerprint density at radius 2 is 2.00 bits per heavy atom. The van der Waals surface area contributed by atoms with Gasteiger partial charge in [-0.3, -0.25) is 4.79 Å². The summed E-state index contributed by atoms with van der Waals surface area (Å²) in [5.41, 5.74) is 2.53. The van der Waals surface area contributed by atoms with Crippen LogP contribution in [0.25, 0.3) is 11.1 Å². The molecular weight excluding hydrogens is 266 g/mol. The number of nitrogens with one attached hydrogen (secondary N) is 1. The zero-order chi connectivity index (χ0) is 15.0. The van der Waals surface area contributed by atoms with E-state index in [1.54, 1.807) is 0 Å². The molecule has 3 rings (SSSR count). The molecule has 0 bridgehead atoms. The highest BCUT2D eigenvalue weighted by atomic mass is 16.5. The monoisotopic (exact) mass is 287 g/mol. The smallest absolute Gasteiger partial charge is 0.258 e. The first kappa shape index (κ1) is 14.0. The number of carbonyl (C=O) groups excluding carboxylic acids is 1. The van der Waals surface area contributed by atoms with Gasteiger partial charge in [0.15, 0.2) is 0 Å². The minimum Gasteiger partial charge on any atom is -0.349 e. The Morgan fingerprint density at radius 3 is 2.71 bits per heavy atom. The van der Waals surface area contributed by atoms with E-state index in [0.29, 0.717) is 17.0 Å². The Kier molecular flexibility index (Phi) is 3.66. The average Bonchev–Trinajstić information content (AvgIpc) is 2.82. The summed E-state index contributed by atoms with van der Waals surface area (Å²) in [4.78, 5) is 16.9. The van der Waals surface area contributed by atoms with Gasteiger partial charge in [-0.1, -0.05) is 12.1 Å². The number of hydrogen-bond acceptors (Lipinski definition) is 4. The summed E-state index contributed by atoms with van der Waals surface area (Å²) in [6, 6.07) is 2.09. The maximum atomic E-state index is 12.6. The van der Waals surface area contributed by atoms with Gasteiger partial charge in [0.05, 0.1) is 16.6 Å². The van der Waals surface area contributed by atoms with Crippen LogP contribution in [0.1, 0.15) is 54.4 Å². The van der Waals surface area contributed by atoms with Gasteiger partial charge in [0.2, 0.25) is 0 Å².